The third-order valence-corrected chi connectivity index (χ3v) is 8.06. The van der Waals surface area contributed by atoms with E-state index in [1.807, 2.05) is 11.3 Å². The van der Waals surface area contributed by atoms with E-state index in [1.165, 1.54) is 29.0 Å². The fourth-order valence-electron chi connectivity index (χ4n) is 4.22. The van der Waals surface area contributed by atoms with E-state index in [4.69, 9.17) is 0 Å². The Hall–Kier alpha value is -3.05. The molecule has 31 heavy (non-hydrogen) atoms. The summed E-state index contributed by atoms with van der Waals surface area (Å²) in [5.41, 5.74) is 3.31. The second kappa shape index (κ2) is 6.99. The zero-order valence-corrected chi connectivity index (χ0v) is 18.2. The van der Waals surface area contributed by atoms with Crippen LogP contribution in [0.15, 0.2) is 35.7 Å². The summed E-state index contributed by atoms with van der Waals surface area (Å²) in [5.74, 6) is 1.94. The first-order valence-electron chi connectivity index (χ1n) is 9.97. The smallest absolute Gasteiger partial charge is 0.258 e. The summed E-state index contributed by atoms with van der Waals surface area (Å²) >= 11 is 3.37. The molecule has 4 heterocycles. The van der Waals surface area contributed by atoms with E-state index >= 15 is 0 Å². The average molecular weight is 452 g/mol. The number of rotatable bonds is 4. The molecule has 0 amide bonds. The van der Waals surface area contributed by atoms with Crippen LogP contribution in [0, 0.1) is 16.0 Å². The van der Waals surface area contributed by atoms with E-state index in [0.717, 1.165) is 39.4 Å². The van der Waals surface area contributed by atoms with Crippen molar-refractivity contribution in [1.29, 1.82) is 0 Å². The Labute approximate surface area is 184 Å². The second-order valence-corrected chi connectivity index (χ2v) is 9.88. The molecule has 156 valence electrons. The summed E-state index contributed by atoms with van der Waals surface area (Å²) in [6.07, 6.45) is 4.92. The molecule has 0 aliphatic heterocycles. The van der Waals surface area contributed by atoms with Crippen LogP contribution in [0.5, 0.6) is 0 Å². The first-order valence-corrected chi connectivity index (χ1v) is 11.8. The lowest BCUT2D eigenvalue weighted by Crippen LogP contribution is -2.09. The van der Waals surface area contributed by atoms with E-state index in [2.05, 4.69) is 31.6 Å². The van der Waals surface area contributed by atoms with E-state index in [1.54, 1.807) is 34.7 Å². The minimum atomic E-state index is -0.386. The van der Waals surface area contributed by atoms with Gasteiger partial charge in [0.25, 0.3) is 11.5 Å². The van der Waals surface area contributed by atoms with Gasteiger partial charge in [-0.05, 0) is 36.3 Å². The zero-order chi connectivity index (χ0) is 21.1. The molecule has 0 saturated carbocycles. The maximum atomic E-state index is 10.9. The van der Waals surface area contributed by atoms with Gasteiger partial charge in [-0.1, -0.05) is 30.8 Å². The molecule has 0 bridgehead atoms. The molecule has 1 aromatic carbocycles. The number of aryl methyl sites for hydroxylation is 1. The van der Waals surface area contributed by atoms with Crippen LogP contribution < -0.4 is 0 Å². The third-order valence-electron chi connectivity index (χ3n) is 5.78. The quantitative estimate of drug-likeness (QED) is 0.228. The number of thiophene rings is 1. The number of benzene rings is 1. The summed E-state index contributed by atoms with van der Waals surface area (Å²) in [6, 6.07) is 6.63. The zero-order valence-electron chi connectivity index (χ0n) is 16.6. The molecule has 1 aliphatic rings. The van der Waals surface area contributed by atoms with E-state index < -0.39 is 0 Å². The van der Waals surface area contributed by atoms with Gasteiger partial charge in [0, 0.05) is 22.8 Å². The topological polar surface area (TPSA) is 104 Å². The summed E-state index contributed by atoms with van der Waals surface area (Å²) in [7, 11) is 0. The van der Waals surface area contributed by atoms with Crippen molar-refractivity contribution in [2.45, 2.75) is 37.1 Å². The van der Waals surface area contributed by atoms with Crippen molar-refractivity contribution in [2.75, 3.05) is 0 Å². The van der Waals surface area contributed by atoms with Gasteiger partial charge in [0.2, 0.25) is 0 Å². The number of thioether (sulfide) groups is 1. The minimum Gasteiger partial charge on any atom is -0.258 e. The fraction of sp³-hybridized carbons (Fsp3) is 0.300. The van der Waals surface area contributed by atoms with Crippen LogP contribution in [0.2, 0.25) is 0 Å². The molecular weight excluding hydrogens is 434 g/mol. The number of hydrogen-bond acceptors (Lipinski definition) is 8. The molecule has 0 spiro atoms. The van der Waals surface area contributed by atoms with Crippen LogP contribution in [0.25, 0.3) is 21.6 Å². The number of nitro groups is 1. The van der Waals surface area contributed by atoms with Crippen LogP contribution in [0.3, 0.4) is 0 Å². The number of hydrogen-bond donors (Lipinski definition) is 0. The minimum absolute atomic E-state index is 0.0929. The molecule has 6 rings (SSSR count). The van der Waals surface area contributed by atoms with Crippen LogP contribution in [-0.2, 0) is 18.6 Å². The highest BCUT2D eigenvalue weighted by molar-refractivity contribution is 7.98. The van der Waals surface area contributed by atoms with Gasteiger partial charge < -0.3 is 0 Å². The van der Waals surface area contributed by atoms with Gasteiger partial charge in [0.1, 0.15) is 11.2 Å². The summed E-state index contributed by atoms with van der Waals surface area (Å²) in [5, 5.41) is 26.1. The molecule has 5 aromatic rings. The number of aromatic nitrogens is 6. The van der Waals surface area contributed by atoms with Crippen molar-refractivity contribution in [3.8, 4) is 0 Å². The van der Waals surface area contributed by atoms with Crippen LogP contribution in [0.4, 0.5) is 5.69 Å². The first kappa shape index (κ1) is 18.7. The predicted molar refractivity (Wildman–Crippen MR) is 119 cm³/mol. The number of nitro benzene ring substituents is 1. The fourth-order valence-corrected chi connectivity index (χ4v) is 6.51. The molecule has 0 N–H and O–H groups in total. The van der Waals surface area contributed by atoms with Crippen molar-refractivity contribution in [1.82, 2.24) is 29.2 Å². The Morgan fingerprint density at radius 2 is 2.13 bits per heavy atom. The van der Waals surface area contributed by atoms with Crippen molar-refractivity contribution in [2.24, 2.45) is 5.92 Å². The van der Waals surface area contributed by atoms with Gasteiger partial charge in [0.05, 0.1) is 10.3 Å². The molecule has 1 atom stereocenters. The molecular formula is C20H17N7O2S2. The lowest BCUT2D eigenvalue weighted by molar-refractivity contribution is -0.384. The third kappa shape index (κ3) is 2.91. The van der Waals surface area contributed by atoms with Crippen molar-refractivity contribution in [3.63, 3.8) is 0 Å². The van der Waals surface area contributed by atoms with Gasteiger partial charge in [0.15, 0.2) is 10.8 Å². The summed E-state index contributed by atoms with van der Waals surface area (Å²) in [6.45, 7) is 2.30. The van der Waals surface area contributed by atoms with Gasteiger partial charge in [-0.15, -0.1) is 21.5 Å². The van der Waals surface area contributed by atoms with Gasteiger partial charge >= 0.3 is 0 Å². The highest BCUT2D eigenvalue weighted by Gasteiger charge is 2.26. The Balaban J connectivity index is 1.47. The van der Waals surface area contributed by atoms with Gasteiger partial charge in [-0.3, -0.25) is 10.1 Å². The molecule has 11 heteroatoms. The maximum Gasteiger partial charge on any atom is 0.269 e. The van der Waals surface area contributed by atoms with Crippen molar-refractivity contribution in [3.05, 3.63) is 56.7 Å². The Morgan fingerprint density at radius 1 is 1.29 bits per heavy atom. The molecule has 0 radical (unpaired) electrons. The molecule has 0 fully saturated rings. The Bertz CT molecular complexity index is 1470. The normalized spacial score (nSPS) is 16.4. The number of fused-ring (bicyclic) bond motifs is 8. The van der Waals surface area contributed by atoms with E-state index in [-0.39, 0.29) is 10.6 Å². The number of non-ortho nitro benzene ring substituents is 1. The largest absolute Gasteiger partial charge is 0.269 e. The van der Waals surface area contributed by atoms with Crippen molar-refractivity contribution < 1.29 is 4.92 Å². The van der Waals surface area contributed by atoms with Crippen LogP contribution in [-0.4, -0.2) is 34.1 Å². The summed E-state index contributed by atoms with van der Waals surface area (Å²) in [4.78, 5) is 17.6. The lowest BCUT2D eigenvalue weighted by Gasteiger charge is -2.17. The van der Waals surface area contributed by atoms with E-state index in [9.17, 15) is 10.1 Å². The molecule has 1 unspecified atom stereocenters. The van der Waals surface area contributed by atoms with Crippen molar-refractivity contribution >= 4 is 50.4 Å². The maximum absolute atomic E-state index is 10.9. The molecule has 0 saturated heterocycles. The SMILES string of the molecule is CC1CCc2sc3c(c2C1)c1ncnn1c1nnc(SCc2ccc([N+](=O)[O-])cc2)n31. The number of nitrogens with zero attached hydrogens (tertiary/aromatic N) is 7. The second-order valence-electron chi connectivity index (χ2n) is 7.86. The Morgan fingerprint density at radius 3 is 2.94 bits per heavy atom. The highest BCUT2D eigenvalue weighted by Crippen LogP contribution is 2.41. The van der Waals surface area contributed by atoms with Crippen LogP contribution in [0.1, 0.15) is 29.3 Å². The lowest BCUT2D eigenvalue weighted by atomic mass is 9.89. The monoisotopic (exact) mass is 451 g/mol. The molecule has 4 aromatic heterocycles. The first-order chi connectivity index (χ1) is 15.1. The molecule has 1 aliphatic carbocycles. The average Bonchev–Trinajstić information content (AvgIpc) is 3.48. The standard InChI is InChI=1S/C20H17N7O2S2/c1-11-2-7-15-14(8-11)16-17-21-10-22-26(17)19-23-24-20(25(19)18(16)31-15)30-9-12-3-5-13(6-4-12)27(28)29/h3-6,10-11H,2,7-9H2,1H3. The predicted octanol–water partition coefficient (Wildman–Crippen LogP) is 4.31. The van der Waals surface area contributed by atoms with Gasteiger partial charge in [-0.25, -0.2) is 9.38 Å². The van der Waals surface area contributed by atoms with E-state index in [0.29, 0.717) is 17.4 Å². The molecule has 9 nitrogen and oxygen atoms in total. The highest BCUT2D eigenvalue weighted by atomic mass is 32.2. The van der Waals surface area contributed by atoms with Crippen LogP contribution >= 0.6 is 23.1 Å². The van der Waals surface area contributed by atoms with Gasteiger partial charge in [-0.2, -0.15) is 9.61 Å². The Kier molecular flexibility index (Phi) is 4.22. The summed E-state index contributed by atoms with van der Waals surface area (Å²) < 4.78 is 3.86.